The van der Waals surface area contributed by atoms with Crippen molar-refractivity contribution in [3.05, 3.63) is 47.8 Å². The number of carbonyl (C=O) groups is 2. The van der Waals surface area contributed by atoms with Gasteiger partial charge in [0.2, 0.25) is 0 Å². The maximum absolute atomic E-state index is 14.5. The molecule has 3 rings (SSSR count). The molecule has 9 heteroatoms. The second kappa shape index (κ2) is 9.93. The minimum Gasteiger partial charge on any atom is -0.493 e. The van der Waals surface area contributed by atoms with Crippen LogP contribution < -0.4 is 19.7 Å². The van der Waals surface area contributed by atoms with Crippen molar-refractivity contribution in [1.82, 2.24) is 0 Å². The quantitative estimate of drug-likeness (QED) is 0.692. The molecule has 1 N–H and O–H groups in total. The van der Waals surface area contributed by atoms with Gasteiger partial charge in [-0.3, -0.25) is 4.79 Å². The number of ether oxygens (including phenoxy) is 4. The Labute approximate surface area is 173 Å². The maximum Gasteiger partial charge on any atom is 0.343 e. The number of methoxy groups -OCH3 is 2. The van der Waals surface area contributed by atoms with E-state index in [1.807, 2.05) is 4.90 Å². The van der Waals surface area contributed by atoms with Crippen LogP contribution in [0.3, 0.4) is 0 Å². The van der Waals surface area contributed by atoms with Crippen molar-refractivity contribution in [2.75, 3.05) is 57.3 Å². The molecule has 2 aromatic carbocycles. The monoisotopic (exact) mass is 418 g/mol. The molecule has 30 heavy (non-hydrogen) atoms. The molecular weight excluding hydrogens is 395 g/mol. The van der Waals surface area contributed by atoms with Crippen LogP contribution >= 0.6 is 0 Å². The molecule has 1 heterocycles. The summed E-state index contributed by atoms with van der Waals surface area (Å²) >= 11 is 0. The number of amides is 1. The van der Waals surface area contributed by atoms with Gasteiger partial charge in [-0.2, -0.15) is 0 Å². The average molecular weight is 418 g/mol. The van der Waals surface area contributed by atoms with Gasteiger partial charge in [-0.25, -0.2) is 9.18 Å². The molecule has 0 saturated carbocycles. The summed E-state index contributed by atoms with van der Waals surface area (Å²) in [6, 6.07) is 9.08. The number of morpholine rings is 1. The lowest BCUT2D eigenvalue weighted by molar-refractivity contribution is -0.142. The number of esters is 1. The van der Waals surface area contributed by atoms with Crippen LogP contribution in [0, 0.1) is 5.82 Å². The molecule has 0 aromatic heterocycles. The summed E-state index contributed by atoms with van der Waals surface area (Å²) in [6.45, 7) is 2.06. The Morgan fingerprint density at radius 2 is 1.87 bits per heavy atom. The zero-order chi connectivity index (χ0) is 21.5. The average Bonchev–Trinajstić information content (AvgIpc) is 2.77. The third-order valence-electron chi connectivity index (χ3n) is 4.56. The molecule has 1 aliphatic rings. The van der Waals surface area contributed by atoms with Crippen LogP contribution in [0.25, 0.3) is 0 Å². The Hall–Kier alpha value is -3.33. The number of benzene rings is 2. The molecule has 160 valence electrons. The fourth-order valence-electron chi connectivity index (χ4n) is 2.97. The topological polar surface area (TPSA) is 86.3 Å². The number of hydrogen-bond donors (Lipinski definition) is 1. The third-order valence-corrected chi connectivity index (χ3v) is 4.56. The first-order valence-electron chi connectivity index (χ1n) is 9.33. The number of nitrogens with zero attached hydrogens (tertiary/aromatic N) is 1. The lowest BCUT2D eigenvalue weighted by Crippen LogP contribution is -2.36. The Balaban J connectivity index is 1.69. The highest BCUT2D eigenvalue weighted by atomic mass is 19.1. The summed E-state index contributed by atoms with van der Waals surface area (Å²) in [6.07, 6.45) is 0. The van der Waals surface area contributed by atoms with Crippen molar-refractivity contribution in [2.45, 2.75) is 0 Å². The van der Waals surface area contributed by atoms with Crippen LogP contribution in [0.15, 0.2) is 36.4 Å². The van der Waals surface area contributed by atoms with Gasteiger partial charge in [0, 0.05) is 24.3 Å². The van der Waals surface area contributed by atoms with Crippen LogP contribution in [0.5, 0.6) is 11.5 Å². The van der Waals surface area contributed by atoms with E-state index in [1.54, 1.807) is 12.1 Å². The molecule has 0 unspecified atom stereocenters. The van der Waals surface area contributed by atoms with Gasteiger partial charge in [0.15, 0.2) is 18.1 Å². The lowest BCUT2D eigenvalue weighted by atomic mass is 10.1. The predicted molar refractivity (Wildman–Crippen MR) is 108 cm³/mol. The van der Waals surface area contributed by atoms with Crippen molar-refractivity contribution in [2.24, 2.45) is 0 Å². The smallest absolute Gasteiger partial charge is 0.343 e. The Morgan fingerprint density at radius 1 is 1.10 bits per heavy atom. The van der Waals surface area contributed by atoms with E-state index in [4.69, 9.17) is 14.2 Å². The van der Waals surface area contributed by atoms with E-state index in [0.29, 0.717) is 43.4 Å². The Morgan fingerprint density at radius 3 is 2.53 bits per heavy atom. The van der Waals surface area contributed by atoms with Gasteiger partial charge in [-0.05, 0) is 36.4 Å². The van der Waals surface area contributed by atoms with E-state index < -0.39 is 17.7 Å². The van der Waals surface area contributed by atoms with Gasteiger partial charge in [0.1, 0.15) is 5.82 Å². The summed E-state index contributed by atoms with van der Waals surface area (Å²) in [5.74, 6) is -0.827. The molecule has 1 fully saturated rings. The number of carbonyl (C=O) groups excluding carboxylic acids is 2. The highest BCUT2D eigenvalue weighted by molar-refractivity contribution is 6.04. The first kappa shape index (κ1) is 21.4. The van der Waals surface area contributed by atoms with Crippen LogP contribution in [-0.2, 0) is 14.3 Å². The standard InChI is InChI=1S/C21H23FN2O6/c1-27-19-11-14(3-6-18(19)30-13-20(25)28-2)21(26)23-15-4-5-17(16(22)12-15)24-7-9-29-10-8-24/h3-6,11-12H,7-10,13H2,1-2H3,(H,23,26). The molecule has 0 spiro atoms. The number of rotatable bonds is 7. The van der Waals surface area contributed by atoms with Gasteiger partial charge in [-0.1, -0.05) is 0 Å². The molecule has 0 aliphatic carbocycles. The van der Waals surface area contributed by atoms with Gasteiger partial charge >= 0.3 is 5.97 Å². The molecule has 8 nitrogen and oxygen atoms in total. The second-order valence-electron chi connectivity index (χ2n) is 6.45. The third kappa shape index (κ3) is 5.18. The van der Waals surface area contributed by atoms with Crippen molar-refractivity contribution < 1.29 is 32.9 Å². The van der Waals surface area contributed by atoms with Crippen molar-refractivity contribution in [3.63, 3.8) is 0 Å². The van der Waals surface area contributed by atoms with Crippen molar-refractivity contribution >= 4 is 23.3 Å². The molecule has 0 radical (unpaired) electrons. The first-order valence-corrected chi connectivity index (χ1v) is 9.33. The zero-order valence-electron chi connectivity index (χ0n) is 16.8. The van der Waals surface area contributed by atoms with Gasteiger partial charge < -0.3 is 29.2 Å². The largest absolute Gasteiger partial charge is 0.493 e. The van der Waals surface area contributed by atoms with E-state index in [-0.39, 0.29) is 17.9 Å². The Bertz CT molecular complexity index is 914. The molecule has 0 bridgehead atoms. The summed E-state index contributed by atoms with van der Waals surface area (Å²) < 4.78 is 34.9. The number of anilines is 2. The SMILES string of the molecule is COC(=O)COc1ccc(C(=O)Nc2ccc(N3CCOCC3)c(F)c2)cc1OC. The molecular formula is C21H23FN2O6. The van der Waals surface area contributed by atoms with Crippen LogP contribution in [0.2, 0.25) is 0 Å². The first-order chi connectivity index (χ1) is 14.5. The Kier molecular flexibility index (Phi) is 7.08. The van der Waals surface area contributed by atoms with E-state index in [1.165, 1.54) is 38.5 Å². The minimum absolute atomic E-state index is 0.278. The van der Waals surface area contributed by atoms with E-state index >= 15 is 0 Å². The van der Waals surface area contributed by atoms with Gasteiger partial charge in [0.05, 0.1) is 33.1 Å². The maximum atomic E-state index is 14.5. The highest BCUT2D eigenvalue weighted by Crippen LogP contribution is 2.29. The molecule has 2 aromatic rings. The zero-order valence-corrected chi connectivity index (χ0v) is 16.8. The van der Waals surface area contributed by atoms with Crippen molar-refractivity contribution in [3.8, 4) is 11.5 Å². The van der Waals surface area contributed by atoms with Crippen LogP contribution in [0.4, 0.5) is 15.8 Å². The summed E-state index contributed by atoms with van der Waals surface area (Å²) in [5, 5.41) is 2.67. The minimum atomic E-state index is -0.540. The fraction of sp³-hybridized carbons (Fsp3) is 0.333. The van der Waals surface area contributed by atoms with E-state index in [0.717, 1.165) is 0 Å². The van der Waals surface area contributed by atoms with Crippen LogP contribution in [0.1, 0.15) is 10.4 Å². The number of hydrogen-bond acceptors (Lipinski definition) is 7. The summed E-state index contributed by atoms with van der Waals surface area (Å²) in [7, 11) is 2.68. The fourth-order valence-corrected chi connectivity index (χ4v) is 2.97. The molecule has 1 amide bonds. The van der Waals surface area contributed by atoms with Gasteiger partial charge in [0.25, 0.3) is 5.91 Å². The molecule has 0 atom stereocenters. The van der Waals surface area contributed by atoms with E-state index in [2.05, 4.69) is 10.1 Å². The second-order valence-corrected chi connectivity index (χ2v) is 6.45. The van der Waals surface area contributed by atoms with E-state index in [9.17, 15) is 14.0 Å². The molecule has 1 saturated heterocycles. The van der Waals surface area contributed by atoms with Gasteiger partial charge in [-0.15, -0.1) is 0 Å². The normalized spacial score (nSPS) is 13.5. The highest BCUT2D eigenvalue weighted by Gasteiger charge is 2.17. The number of nitrogens with one attached hydrogen (secondary N) is 1. The number of halogens is 1. The molecule has 1 aliphatic heterocycles. The lowest BCUT2D eigenvalue weighted by Gasteiger charge is -2.29. The summed E-state index contributed by atoms with van der Waals surface area (Å²) in [5.41, 5.74) is 1.10. The van der Waals surface area contributed by atoms with Crippen molar-refractivity contribution in [1.29, 1.82) is 0 Å². The summed E-state index contributed by atoms with van der Waals surface area (Å²) in [4.78, 5) is 25.7. The van der Waals surface area contributed by atoms with Crippen LogP contribution in [-0.4, -0.2) is 59.0 Å². The predicted octanol–water partition coefficient (Wildman–Crippen LogP) is 2.48.